The predicted octanol–water partition coefficient (Wildman–Crippen LogP) is 1.39. The van der Waals surface area contributed by atoms with Gasteiger partial charge in [-0.05, 0) is 25.8 Å². The second-order valence-corrected chi connectivity index (χ2v) is 4.78. The van der Waals surface area contributed by atoms with Crippen LogP contribution in [0.15, 0.2) is 0 Å². The first kappa shape index (κ1) is 12.9. The molecule has 0 atom stereocenters. The van der Waals surface area contributed by atoms with E-state index in [1.54, 1.807) is 0 Å². The van der Waals surface area contributed by atoms with E-state index in [1.807, 2.05) is 0 Å². The van der Waals surface area contributed by atoms with Gasteiger partial charge in [0.2, 0.25) is 0 Å². The van der Waals surface area contributed by atoms with Gasteiger partial charge in [0.05, 0.1) is 12.2 Å². The molecule has 2 N–H and O–H groups in total. The molecule has 3 heteroatoms. The zero-order chi connectivity index (χ0) is 11.1. The average Bonchev–Trinajstić information content (AvgIpc) is 2.62. The van der Waals surface area contributed by atoms with Crippen molar-refractivity contribution in [3.05, 3.63) is 0 Å². The molecule has 0 unspecified atom stereocenters. The third-order valence-corrected chi connectivity index (χ3v) is 3.30. The summed E-state index contributed by atoms with van der Waals surface area (Å²) in [4.78, 5) is 2.20. The van der Waals surface area contributed by atoms with Gasteiger partial charge < -0.3 is 10.2 Å². The van der Waals surface area contributed by atoms with Gasteiger partial charge in [-0.3, -0.25) is 4.90 Å². The Hall–Kier alpha value is -0.120. The number of aliphatic hydroxyl groups excluding tert-OH is 1. The number of hydrogen-bond donors (Lipinski definition) is 2. The van der Waals surface area contributed by atoms with Crippen LogP contribution < -0.4 is 0 Å². The molecule has 1 aliphatic carbocycles. The molecule has 0 aromatic heterocycles. The molecule has 90 valence electrons. The second-order valence-electron chi connectivity index (χ2n) is 4.78. The van der Waals surface area contributed by atoms with E-state index in [-0.39, 0.29) is 6.61 Å². The lowest BCUT2D eigenvalue weighted by Gasteiger charge is -2.30. The van der Waals surface area contributed by atoms with Crippen LogP contribution in [0.1, 0.15) is 45.4 Å². The van der Waals surface area contributed by atoms with Crippen molar-refractivity contribution < 1.29 is 10.2 Å². The van der Waals surface area contributed by atoms with Gasteiger partial charge in [-0.15, -0.1) is 0 Å². The molecule has 1 rings (SSSR count). The fourth-order valence-electron chi connectivity index (χ4n) is 2.40. The first-order chi connectivity index (χ1) is 7.20. The standard InChI is InChI=1S/C12H25NO2/c1-2-3-8-13(9-10-14)11-12(15)6-4-5-7-12/h14-15H,2-11H2,1H3. The molecule has 0 spiro atoms. The Morgan fingerprint density at radius 1 is 1.20 bits per heavy atom. The highest BCUT2D eigenvalue weighted by atomic mass is 16.3. The van der Waals surface area contributed by atoms with Gasteiger partial charge in [0, 0.05) is 13.1 Å². The van der Waals surface area contributed by atoms with Crippen LogP contribution in [-0.2, 0) is 0 Å². The molecule has 0 radical (unpaired) electrons. The molecule has 15 heavy (non-hydrogen) atoms. The molecule has 0 aromatic rings. The zero-order valence-corrected chi connectivity index (χ0v) is 9.91. The van der Waals surface area contributed by atoms with Gasteiger partial charge in [-0.1, -0.05) is 26.2 Å². The van der Waals surface area contributed by atoms with Crippen molar-refractivity contribution in [1.82, 2.24) is 4.90 Å². The minimum Gasteiger partial charge on any atom is -0.395 e. The first-order valence-electron chi connectivity index (χ1n) is 6.26. The van der Waals surface area contributed by atoms with Crippen molar-refractivity contribution in [3.63, 3.8) is 0 Å². The maximum atomic E-state index is 10.3. The Morgan fingerprint density at radius 2 is 1.87 bits per heavy atom. The number of aliphatic hydroxyl groups is 2. The van der Waals surface area contributed by atoms with Gasteiger partial charge in [-0.25, -0.2) is 0 Å². The molecular weight excluding hydrogens is 190 g/mol. The van der Waals surface area contributed by atoms with Crippen molar-refractivity contribution in [1.29, 1.82) is 0 Å². The minimum atomic E-state index is -0.469. The minimum absolute atomic E-state index is 0.194. The van der Waals surface area contributed by atoms with Crippen LogP contribution in [0.2, 0.25) is 0 Å². The van der Waals surface area contributed by atoms with E-state index in [1.165, 1.54) is 6.42 Å². The van der Waals surface area contributed by atoms with Crippen LogP contribution in [0.25, 0.3) is 0 Å². The van der Waals surface area contributed by atoms with Crippen molar-refractivity contribution in [3.8, 4) is 0 Å². The molecule has 0 amide bonds. The van der Waals surface area contributed by atoms with Gasteiger partial charge in [0.25, 0.3) is 0 Å². The van der Waals surface area contributed by atoms with Gasteiger partial charge in [0.15, 0.2) is 0 Å². The Bertz CT molecular complexity index is 167. The smallest absolute Gasteiger partial charge is 0.0774 e. The molecule has 1 fully saturated rings. The number of hydrogen-bond acceptors (Lipinski definition) is 3. The number of unbranched alkanes of at least 4 members (excludes halogenated alkanes) is 1. The third-order valence-electron chi connectivity index (χ3n) is 3.30. The SMILES string of the molecule is CCCCN(CCO)CC1(O)CCCC1. The van der Waals surface area contributed by atoms with E-state index >= 15 is 0 Å². The Kier molecular flexibility index (Phi) is 5.58. The highest BCUT2D eigenvalue weighted by Crippen LogP contribution is 2.30. The van der Waals surface area contributed by atoms with Gasteiger partial charge in [-0.2, -0.15) is 0 Å². The Labute approximate surface area is 93.1 Å². The van der Waals surface area contributed by atoms with E-state index in [0.29, 0.717) is 6.54 Å². The highest BCUT2D eigenvalue weighted by molar-refractivity contribution is 4.87. The van der Waals surface area contributed by atoms with E-state index in [0.717, 1.165) is 45.2 Å². The van der Waals surface area contributed by atoms with Crippen LogP contribution in [0.3, 0.4) is 0 Å². The maximum absolute atomic E-state index is 10.3. The Balaban J connectivity index is 2.34. The molecule has 3 nitrogen and oxygen atoms in total. The van der Waals surface area contributed by atoms with E-state index < -0.39 is 5.60 Å². The molecule has 0 aromatic carbocycles. The predicted molar refractivity (Wildman–Crippen MR) is 61.9 cm³/mol. The van der Waals surface area contributed by atoms with E-state index in [9.17, 15) is 5.11 Å². The summed E-state index contributed by atoms with van der Waals surface area (Å²) < 4.78 is 0. The summed E-state index contributed by atoms with van der Waals surface area (Å²) in [5.41, 5.74) is -0.469. The van der Waals surface area contributed by atoms with Crippen molar-refractivity contribution in [2.75, 3.05) is 26.2 Å². The van der Waals surface area contributed by atoms with Crippen LogP contribution in [0.5, 0.6) is 0 Å². The normalized spacial score (nSPS) is 20.0. The lowest BCUT2D eigenvalue weighted by atomic mass is 10.0. The maximum Gasteiger partial charge on any atom is 0.0774 e. The second kappa shape index (κ2) is 6.46. The van der Waals surface area contributed by atoms with Crippen molar-refractivity contribution in [2.45, 2.75) is 51.0 Å². The number of nitrogens with zero attached hydrogens (tertiary/aromatic N) is 1. The lowest BCUT2D eigenvalue weighted by molar-refractivity contribution is 0.00516. The van der Waals surface area contributed by atoms with Crippen molar-refractivity contribution >= 4 is 0 Å². The molecule has 1 aliphatic rings. The molecule has 1 saturated carbocycles. The van der Waals surface area contributed by atoms with Crippen LogP contribution in [-0.4, -0.2) is 47.0 Å². The summed E-state index contributed by atoms with van der Waals surface area (Å²) in [7, 11) is 0. The average molecular weight is 215 g/mol. The third kappa shape index (κ3) is 4.49. The quantitative estimate of drug-likeness (QED) is 0.674. The summed E-state index contributed by atoms with van der Waals surface area (Å²) in [5, 5.41) is 19.2. The monoisotopic (exact) mass is 215 g/mol. The molecule has 0 heterocycles. The van der Waals surface area contributed by atoms with E-state index in [4.69, 9.17) is 5.11 Å². The topological polar surface area (TPSA) is 43.7 Å². The van der Waals surface area contributed by atoms with Crippen LogP contribution in [0, 0.1) is 0 Å². The fourth-order valence-corrected chi connectivity index (χ4v) is 2.40. The van der Waals surface area contributed by atoms with Crippen LogP contribution >= 0.6 is 0 Å². The Morgan fingerprint density at radius 3 is 2.40 bits per heavy atom. The summed E-state index contributed by atoms with van der Waals surface area (Å²) in [5.74, 6) is 0. The highest BCUT2D eigenvalue weighted by Gasteiger charge is 2.32. The molecule has 0 bridgehead atoms. The summed E-state index contributed by atoms with van der Waals surface area (Å²) in [6, 6.07) is 0. The largest absolute Gasteiger partial charge is 0.395 e. The molecular formula is C12H25NO2. The zero-order valence-electron chi connectivity index (χ0n) is 9.91. The van der Waals surface area contributed by atoms with E-state index in [2.05, 4.69) is 11.8 Å². The van der Waals surface area contributed by atoms with Crippen molar-refractivity contribution in [2.24, 2.45) is 0 Å². The summed E-state index contributed by atoms with van der Waals surface area (Å²) >= 11 is 0. The summed E-state index contributed by atoms with van der Waals surface area (Å²) in [6.45, 7) is 4.80. The lowest BCUT2D eigenvalue weighted by Crippen LogP contribution is -2.42. The molecule has 0 aliphatic heterocycles. The van der Waals surface area contributed by atoms with Crippen LogP contribution in [0.4, 0.5) is 0 Å². The summed E-state index contributed by atoms with van der Waals surface area (Å²) in [6.07, 6.45) is 6.48. The van der Waals surface area contributed by atoms with Gasteiger partial charge >= 0.3 is 0 Å². The number of rotatable bonds is 7. The fraction of sp³-hybridized carbons (Fsp3) is 1.00. The molecule has 0 saturated heterocycles. The first-order valence-corrected chi connectivity index (χ1v) is 6.26. The van der Waals surface area contributed by atoms with Gasteiger partial charge in [0.1, 0.15) is 0 Å².